The van der Waals surface area contributed by atoms with Gasteiger partial charge in [0.25, 0.3) is 10.0 Å². The molecule has 0 aliphatic rings. The summed E-state index contributed by atoms with van der Waals surface area (Å²) in [6.07, 6.45) is 0. The normalized spacial score (nSPS) is 11.2. The highest BCUT2D eigenvalue weighted by Crippen LogP contribution is 2.31. The van der Waals surface area contributed by atoms with Crippen LogP contribution in [-0.4, -0.2) is 21.5 Å². The number of sulfonamides is 1. The van der Waals surface area contributed by atoms with E-state index in [1.165, 1.54) is 31.4 Å². The van der Waals surface area contributed by atoms with Gasteiger partial charge in [0.2, 0.25) is 0 Å². The molecule has 0 fully saturated rings. The minimum Gasteiger partial charge on any atom is -0.465 e. The minimum absolute atomic E-state index is 0.0819. The summed E-state index contributed by atoms with van der Waals surface area (Å²) >= 11 is 12.8. The van der Waals surface area contributed by atoms with Crippen molar-refractivity contribution < 1.29 is 17.9 Å². The predicted molar refractivity (Wildman–Crippen MR) is 82.9 cm³/mol. The number of halogens is 2. The number of anilines is 1. The molecule has 112 valence electrons. The van der Waals surface area contributed by atoms with Gasteiger partial charge in [-0.3, -0.25) is 4.72 Å². The van der Waals surface area contributed by atoms with E-state index in [9.17, 15) is 13.2 Å². The summed E-state index contributed by atoms with van der Waals surface area (Å²) in [6, 6.07) is 5.73. The fraction of sp³-hybridized carbons (Fsp3) is 0.0833. The lowest BCUT2D eigenvalue weighted by Crippen LogP contribution is -2.15. The lowest BCUT2D eigenvalue weighted by atomic mass is 10.4. The zero-order valence-electron chi connectivity index (χ0n) is 10.6. The third-order valence-corrected chi connectivity index (χ3v) is 5.72. The second kappa shape index (κ2) is 6.23. The molecule has 0 unspecified atom stereocenters. The van der Waals surface area contributed by atoms with E-state index in [1.54, 1.807) is 5.38 Å². The average molecular weight is 366 g/mol. The summed E-state index contributed by atoms with van der Waals surface area (Å²) in [4.78, 5) is 11.5. The molecule has 1 aromatic carbocycles. The first kappa shape index (κ1) is 16.1. The van der Waals surface area contributed by atoms with Gasteiger partial charge in [0.1, 0.15) is 9.77 Å². The number of hydrogen-bond acceptors (Lipinski definition) is 5. The maximum absolute atomic E-state index is 12.3. The van der Waals surface area contributed by atoms with Crippen molar-refractivity contribution in [2.45, 2.75) is 4.90 Å². The average Bonchev–Trinajstić information content (AvgIpc) is 2.88. The third kappa shape index (κ3) is 3.32. The van der Waals surface area contributed by atoms with Crippen LogP contribution in [0.3, 0.4) is 0 Å². The van der Waals surface area contributed by atoms with Gasteiger partial charge in [-0.2, -0.15) is 0 Å². The van der Waals surface area contributed by atoms with Crippen LogP contribution in [0.4, 0.5) is 5.69 Å². The Morgan fingerprint density at radius 2 is 2.00 bits per heavy atom. The molecule has 1 aromatic heterocycles. The van der Waals surface area contributed by atoms with Crippen molar-refractivity contribution in [2.24, 2.45) is 0 Å². The number of hydrogen-bond donors (Lipinski definition) is 1. The molecule has 0 radical (unpaired) electrons. The van der Waals surface area contributed by atoms with Crippen molar-refractivity contribution in [1.82, 2.24) is 0 Å². The Morgan fingerprint density at radius 1 is 1.29 bits per heavy atom. The maximum atomic E-state index is 12.3. The van der Waals surface area contributed by atoms with E-state index in [2.05, 4.69) is 9.46 Å². The molecule has 0 spiro atoms. The fourth-order valence-corrected chi connectivity index (χ4v) is 4.20. The molecule has 2 rings (SSSR count). The van der Waals surface area contributed by atoms with Gasteiger partial charge in [-0.1, -0.05) is 29.3 Å². The van der Waals surface area contributed by atoms with Gasteiger partial charge in [0.05, 0.1) is 22.8 Å². The van der Waals surface area contributed by atoms with Crippen LogP contribution in [0.2, 0.25) is 10.0 Å². The topological polar surface area (TPSA) is 72.5 Å². The van der Waals surface area contributed by atoms with Crippen LogP contribution in [0.5, 0.6) is 0 Å². The van der Waals surface area contributed by atoms with Crippen molar-refractivity contribution in [3.05, 3.63) is 44.6 Å². The molecule has 0 aliphatic heterocycles. The molecule has 1 N–H and O–H groups in total. The summed E-state index contributed by atoms with van der Waals surface area (Å²) in [6.45, 7) is 0. The number of carbonyl (C=O) groups excluding carboxylic acids is 1. The maximum Gasteiger partial charge on any atom is 0.350 e. The second-order valence-electron chi connectivity index (χ2n) is 3.81. The van der Waals surface area contributed by atoms with Crippen LogP contribution in [0.15, 0.2) is 34.5 Å². The van der Waals surface area contributed by atoms with Crippen LogP contribution < -0.4 is 4.72 Å². The highest BCUT2D eigenvalue weighted by atomic mass is 35.5. The number of thiophene rings is 1. The minimum atomic E-state index is -3.97. The van der Waals surface area contributed by atoms with Crippen molar-refractivity contribution in [3.8, 4) is 0 Å². The summed E-state index contributed by atoms with van der Waals surface area (Å²) in [7, 11) is -2.75. The van der Waals surface area contributed by atoms with E-state index in [0.717, 1.165) is 11.3 Å². The van der Waals surface area contributed by atoms with E-state index >= 15 is 0 Å². The number of rotatable bonds is 4. The van der Waals surface area contributed by atoms with Gasteiger partial charge in [-0.25, -0.2) is 13.2 Å². The van der Waals surface area contributed by atoms with Gasteiger partial charge >= 0.3 is 5.97 Å². The summed E-state index contributed by atoms with van der Waals surface area (Å²) in [5.74, 6) is -0.625. The molecule has 2 aromatic rings. The number of carbonyl (C=O) groups is 1. The number of benzene rings is 1. The van der Waals surface area contributed by atoms with E-state index in [4.69, 9.17) is 23.2 Å². The first-order valence-electron chi connectivity index (χ1n) is 5.49. The van der Waals surface area contributed by atoms with Gasteiger partial charge in [-0.05, 0) is 23.6 Å². The van der Waals surface area contributed by atoms with Crippen LogP contribution in [-0.2, 0) is 14.8 Å². The third-order valence-electron chi connectivity index (χ3n) is 2.49. The number of methoxy groups -OCH3 is 1. The molecule has 0 saturated carbocycles. The summed E-state index contributed by atoms with van der Waals surface area (Å²) in [5, 5.41) is 1.61. The molecule has 0 bridgehead atoms. The van der Waals surface area contributed by atoms with Crippen LogP contribution in [0.1, 0.15) is 9.67 Å². The Balaban J connectivity index is 2.41. The van der Waals surface area contributed by atoms with Crippen molar-refractivity contribution >= 4 is 56.2 Å². The standard InChI is InChI=1S/C12H9Cl2NO4S2/c1-19-12(16)11-8(5-6-20-11)15-21(17,18)9-4-2-3-7(13)10(9)14/h2-6,15H,1H3. The van der Waals surface area contributed by atoms with Gasteiger partial charge < -0.3 is 4.74 Å². The first-order valence-corrected chi connectivity index (χ1v) is 8.61. The monoisotopic (exact) mass is 365 g/mol. The Bertz CT molecular complexity index is 786. The van der Waals surface area contributed by atoms with Crippen molar-refractivity contribution in [2.75, 3.05) is 11.8 Å². The summed E-state index contributed by atoms with van der Waals surface area (Å²) in [5.41, 5.74) is 0.128. The predicted octanol–water partition coefficient (Wildman–Crippen LogP) is 3.64. The number of esters is 1. The Hall–Kier alpha value is -1.28. The Labute approximate surface area is 135 Å². The summed E-state index contributed by atoms with van der Waals surface area (Å²) < 4.78 is 31.6. The van der Waals surface area contributed by atoms with E-state index in [0.29, 0.717) is 0 Å². The first-order chi connectivity index (χ1) is 9.86. The molecular weight excluding hydrogens is 357 g/mol. The molecule has 0 atom stereocenters. The SMILES string of the molecule is COC(=O)c1sccc1NS(=O)(=O)c1cccc(Cl)c1Cl. The lowest BCUT2D eigenvalue weighted by Gasteiger charge is -2.10. The smallest absolute Gasteiger partial charge is 0.350 e. The lowest BCUT2D eigenvalue weighted by molar-refractivity contribution is 0.0607. The molecule has 5 nitrogen and oxygen atoms in total. The van der Waals surface area contributed by atoms with E-state index in [-0.39, 0.29) is 25.5 Å². The fourth-order valence-electron chi connectivity index (χ4n) is 1.53. The van der Waals surface area contributed by atoms with Crippen molar-refractivity contribution in [1.29, 1.82) is 0 Å². The molecular formula is C12H9Cl2NO4S2. The largest absolute Gasteiger partial charge is 0.465 e. The quantitative estimate of drug-likeness (QED) is 0.839. The Kier molecular flexibility index (Phi) is 4.77. The van der Waals surface area contributed by atoms with E-state index < -0.39 is 16.0 Å². The molecule has 1 heterocycles. The molecule has 0 aliphatic carbocycles. The van der Waals surface area contributed by atoms with E-state index in [1.807, 2.05) is 0 Å². The van der Waals surface area contributed by atoms with Gasteiger partial charge in [0, 0.05) is 0 Å². The van der Waals surface area contributed by atoms with Gasteiger partial charge in [0.15, 0.2) is 0 Å². The van der Waals surface area contributed by atoms with Crippen LogP contribution in [0.25, 0.3) is 0 Å². The zero-order valence-corrected chi connectivity index (χ0v) is 13.7. The van der Waals surface area contributed by atoms with Crippen LogP contribution in [0, 0.1) is 0 Å². The number of nitrogens with one attached hydrogen (secondary N) is 1. The number of ether oxygens (including phenoxy) is 1. The molecule has 0 saturated heterocycles. The van der Waals surface area contributed by atoms with Gasteiger partial charge in [-0.15, -0.1) is 11.3 Å². The van der Waals surface area contributed by atoms with Crippen LogP contribution >= 0.6 is 34.5 Å². The zero-order chi connectivity index (χ0) is 15.6. The second-order valence-corrected chi connectivity index (χ2v) is 7.16. The molecule has 21 heavy (non-hydrogen) atoms. The van der Waals surface area contributed by atoms with Crippen molar-refractivity contribution in [3.63, 3.8) is 0 Å². The highest BCUT2D eigenvalue weighted by molar-refractivity contribution is 7.92. The Morgan fingerprint density at radius 3 is 2.67 bits per heavy atom. The highest BCUT2D eigenvalue weighted by Gasteiger charge is 2.23. The molecule has 0 amide bonds. The molecule has 9 heteroatoms.